The Morgan fingerprint density at radius 1 is 1.42 bits per heavy atom. The molecular formula is C19H26FN5O. The van der Waals surface area contributed by atoms with Gasteiger partial charge in [-0.05, 0) is 56.5 Å². The van der Waals surface area contributed by atoms with Crippen LogP contribution in [-0.4, -0.2) is 33.8 Å². The summed E-state index contributed by atoms with van der Waals surface area (Å²) in [4.78, 5) is 17.0. The van der Waals surface area contributed by atoms with Crippen molar-refractivity contribution in [3.05, 3.63) is 41.5 Å². The number of amides is 1. The monoisotopic (exact) mass is 359 g/mol. The second-order valence-electron chi connectivity index (χ2n) is 7.00. The summed E-state index contributed by atoms with van der Waals surface area (Å²) in [5.74, 6) is 1.10. The zero-order valence-corrected chi connectivity index (χ0v) is 15.3. The Balaban J connectivity index is 1.56. The molecule has 2 aromatic rings. The Bertz CT molecular complexity index is 754. The smallest absolute Gasteiger partial charge is 0.229 e. The Hall–Kier alpha value is -2.28. The van der Waals surface area contributed by atoms with Crippen molar-refractivity contribution >= 4 is 11.9 Å². The average Bonchev–Trinajstić information content (AvgIpc) is 3.01. The SMILES string of the molecule is CC(CCc1cccc(F)c1)C(=O)Nc1nc(C2CCNCC2)nn1C. The summed E-state index contributed by atoms with van der Waals surface area (Å²) in [5, 5.41) is 10.7. The largest absolute Gasteiger partial charge is 0.317 e. The molecule has 2 N–H and O–H groups in total. The van der Waals surface area contributed by atoms with E-state index in [9.17, 15) is 9.18 Å². The number of carbonyl (C=O) groups excluding carboxylic acids is 1. The molecule has 7 heteroatoms. The molecule has 0 saturated carbocycles. The average molecular weight is 359 g/mol. The number of aryl methyl sites for hydroxylation is 2. The van der Waals surface area contributed by atoms with Gasteiger partial charge in [0.2, 0.25) is 11.9 Å². The number of anilines is 1. The van der Waals surface area contributed by atoms with Gasteiger partial charge < -0.3 is 5.32 Å². The van der Waals surface area contributed by atoms with Crippen LogP contribution >= 0.6 is 0 Å². The van der Waals surface area contributed by atoms with Crippen molar-refractivity contribution in [2.24, 2.45) is 13.0 Å². The van der Waals surface area contributed by atoms with Gasteiger partial charge in [-0.3, -0.25) is 10.1 Å². The van der Waals surface area contributed by atoms with Gasteiger partial charge in [0.05, 0.1) is 0 Å². The molecule has 1 fully saturated rings. The number of piperidine rings is 1. The maximum absolute atomic E-state index is 13.2. The van der Waals surface area contributed by atoms with Gasteiger partial charge in [-0.25, -0.2) is 9.07 Å². The Kier molecular flexibility index (Phi) is 5.98. The summed E-state index contributed by atoms with van der Waals surface area (Å²) >= 11 is 0. The van der Waals surface area contributed by atoms with Crippen LogP contribution in [0.5, 0.6) is 0 Å². The summed E-state index contributed by atoms with van der Waals surface area (Å²) in [7, 11) is 1.80. The van der Waals surface area contributed by atoms with Gasteiger partial charge in [-0.15, -0.1) is 0 Å². The molecule has 0 bridgehead atoms. The Morgan fingerprint density at radius 2 is 2.19 bits per heavy atom. The van der Waals surface area contributed by atoms with Gasteiger partial charge in [-0.2, -0.15) is 10.1 Å². The molecule has 3 rings (SSSR count). The minimum atomic E-state index is -0.246. The minimum absolute atomic E-state index is 0.0891. The van der Waals surface area contributed by atoms with Crippen LogP contribution in [0, 0.1) is 11.7 Å². The van der Waals surface area contributed by atoms with Crippen molar-refractivity contribution < 1.29 is 9.18 Å². The number of hydrogen-bond acceptors (Lipinski definition) is 4. The van der Waals surface area contributed by atoms with Gasteiger partial charge in [0, 0.05) is 18.9 Å². The lowest BCUT2D eigenvalue weighted by atomic mass is 9.98. The first-order valence-electron chi connectivity index (χ1n) is 9.20. The number of hydrogen-bond donors (Lipinski definition) is 2. The van der Waals surface area contributed by atoms with E-state index in [0.29, 0.717) is 24.7 Å². The number of rotatable bonds is 6. The van der Waals surface area contributed by atoms with Crippen molar-refractivity contribution in [1.82, 2.24) is 20.1 Å². The van der Waals surface area contributed by atoms with Gasteiger partial charge in [-0.1, -0.05) is 19.1 Å². The van der Waals surface area contributed by atoms with E-state index in [0.717, 1.165) is 37.3 Å². The maximum Gasteiger partial charge on any atom is 0.229 e. The molecule has 1 aliphatic heterocycles. The van der Waals surface area contributed by atoms with Gasteiger partial charge in [0.25, 0.3) is 0 Å². The van der Waals surface area contributed by atoms with E-state index in [1.54, 1.807) is 17.8 Å². The molecule has 1 saturated heterocycles. The lowest BCUT2D eigenvalue weighted by Gasteiger charge is -2.19. The van der Waals surface area contributed by atoms with E-state index < -0.39 is 0 Å². The summed E-state index contributed by atoms with van der Waals surface area (Å²) < 4.78 is 14.9. The third-order valence-corrected chi connectivity index (χ3v) is 4.92. The van der Waals surface area contributed by atoms with Crippen molar-refractivity contribution in [2.45, 2.75) is 38.5 Å². The zero-order chi connectivity index (χ0) is 18.5. The van der Waals surface area contributed by atoms with Crippen LogP contribution in [0.2, 0.25) is 0 Å². The quantitative estimate of drug-likeness (QED) is 0.832. The molecule has 1 aromatic heterocycles. The fourth-order valence-corrected chi connectivity index (χ4v) is 3.21. The molecule has 6 nitrogen and oxygen atoms in total. The molecule has 0 spiro atoms. The van der Waals surface area contributed by atoms with Crippen LogP contribution in [0.15, 0.2) is 24.3 Å². The summed E-state index contributed by atoms with van der Waals surface area (Å²) in [5.41, 5.74) is 0.900. The highest BCUT2D eigenvalue weighted by atomic mass is 19.1. The summed E-state index contributed by atoms with van der Waals surface area (Å²) in [6, 6.07) is 6.51. The van der Waals surface area contributed by atoms with Crippen LogP contribution < -0.4 is 10.6 Å². The third kappa shape index (κ3) is 4.66. The molecule has 1 aliphatic rings. The van der Waals surface area contributed by atoms with Gasteiger partial charge in [0.15, 0.2) is 5.82 Å². The lowest BCUT2D eigenvalue weighted by Crippen LogP contribution is -2.27. The summed E-state index contributed by atoms with van der Waals surface area (Å²) in [6.07, 6.45) is 3.34. The summed E-state index contributed by atoms with van der Waals surface area (Å²) in [6.45, 7) is 3.82. The normalized spacial score (nSPS) is 16.4. The van der Waals surface area contributed by atoms with Crippen LogP contribution in [0.3, 0.4) is 0 Å². The molecule has 0 radical (unpaired) electrons. The third-order valence-electron chi connectivity index (χ3n) is 4.92. The number of nitrogens with one attached hydrogen (secondary N) is 2. The van der Waals surface area contributed by atoms with Crippen molar-refractivity contribution in [2.75, 3.05) is 18.4 Å². The van der Waals surface area contributed by atoms with Crippen LogP contribution in [0.1, 0.15) is 43.5 Å². The standard InChI is InChI=1S/C19H26FN5O/c1-13(6-7-14-4-3-5-16(20)12-14)18(26)23-19-22-17(24-25(19)2)15-8-10-21-11-9-15/h3-5,12-13,15,21H,6-11H2,1-2H3,(H,22,23,24,26). The van der Waals surface area contributed by atoms with Crippen molar-refractivity contribution in [3.63, 3.8) is 0 Å². The second-order valence-corrected chi connectivity index (χ2v) is 7.00. The minimum Gasteiger partial charge on any atom is -0.317 e. The van der Waals surface area contributed by atoms with Crippen molar-refractivity contribution in [3.8, 4) is 0 Å². The van der Waals surface area contributed by atoms with E-state index in [2.05, 4.69) is 20.7 Å². The number of nitrogens with zero attached hydrogens (tertiary/aromatic N) is 3. The highest BCUT2D eigenvalue weighted by Crippen LogP contribution is 2.23. The first-order chi connectivity index (χ1) is 12.5. The predicted molar refractivity (Wildman–Crippen MR) is 98.4 cm³/mol. The van der Waals surface area contributed by atoms with Gasteiger partial charge in [0.1, 0.15) is 5.82 Å². The number of halogens is 1. The first kappa shape index (κ1) is 18.5. The highest BCUT2D eigenvalue weighted by Gasteiger charge is 2.22. The fraction of sp³-hybridized carbons (Fsp3) is 0.526. The fourth-order valence-electron chi connectivity index (χ4n) is 3.21. The number of carbonyl (C=O) groups is 1. The lowest BCUT2D eigenvalue weighted by molar-refractivity contribution is -0.119. The topological polar surface area (TPSA) is 71.8 Å². The number of benzene rings is 1. The molecule has 1 amide bonds. The van der Waals surface area contributed by atoms with E-state index in [4.69, 9.17) is 0 Å². The molecule has 0 aliphatic carbocycles. The van der Waals surface area contributed by atoms with E-state index in [1.165, 1.54) is 12.1 Å². The first-order valence-corrected chi connectivity index (χ1v) is 9.20. The Morgan fingerprint density at radius 3 is 2.92 bits per heavy atom. The number of aromatic nitrogens is 3. The molecule has 26 heavy (non-hydrogen) atoms. The molecule has 2 heterocycles. The van der Waals surface area contributed by atoms with E-state index in [-0.39, 0.29) is 17.6 Å². The van der Waals surface area contributed by atoms with Gasteiger partial charge >= 0.3 is 0 Å². The molecule has 1 unspecified atom stereocenters. The predicted octanol–water partition coefficient (Wildman–Crippen LogP) is 2.63. The van der Waals surface area contributed by atoms with Crippen LogP contribution in [0.25, 0.3) is 0 Å². The molecule has 140 valence electrons. The molecule has 1 aromatic carbocycles. The maximum atomic E-state index is 13.2. The molecular weight excluding hydrogens is 333 g/mol. The molecule has 1 atom stereocenters. The van der Waals surface area contributed by atoms with E-state index >= 15 is 0 Å². The second kappa shape index (κ2) is 8.40. The van der Waals surface area contributed by atoms with E-state index in [1.807, 2.05) is 13.0 Å². The highest BCUT2D eigenvalue weighted by molar-refractivity contribution is 5.90. The Labute approximate surface area is 153 Å². The van der Waals surface area contributed by atoms with Crippen LogP contribution in [0.4, 0.5) is 10.3 Å². The zero-order valence-electron chi connectivity index (χ0n) is 15.3. The van der Waals surface area contributed by atoms with Crippen LogP contribution in [-0.2, 0) is 18.3 Å². The van der Waals surface area contributed by atoms with Crippen molar-refractivity contribution in [1.29, 1.82) is 0 Å².